The van der Waals surface area contributed by atoms with E-state index in [4.69, 9.17) is 14.7 Å². The third-order valence-electron chi connectivity index (χ3n) is 3.20. The predicted molar refractivity (Wildman–Crippen MR) is 67.1 cm³/mol. The number of nitrogens with zero attached hydrogens (tertiary/aromatic N) is 3. The molecular formula is C13H11N3O4. The molecule has 7 nitrogen and oxygen atoms in total. The summed E-state index contributed by atoms with van der Waals surface area (Å²) in [5.41, 5.74) is 0.715. The van der Waals surface area contributed by atoms with Crippen LogP contribution in [0.2, 0.25) is 0 Å². The zero-order valence-corrected chi connectivity index (χ0v) is 10.5. The van der Waals surface area contributed by atoms with Gasteiger partial charge in [0.25, 0.3) is 0 Å². The molecule has 0 N–H and O–H groups in total. The van der Waals surface area contributed by atoms with Gasteiger partial charge >= 0.3 is 0 Å². The van der Waals surface area contributed by atoms with Crippen LogP contribution in [-0.2, 0) is 9.59 Å². The summed E-state index contributed by atoms with van der Waals surface area (Å²) < 4.78 is 10.5. The van der Waals surface area contributed by atoms with Crippen LogP contribution in [0.5, 0.6) is 11.5 Å². The molecule has 0 bridgehead atoms. The highest BCUT2D eigenvalue weighted by Crippen LogP contribution is 2.35. The molecule has 0 atom stereocenters. The summed E-state index contributed by atoms with van der Waals surface area (Å²) in [5, 5.41) is 8.60. The van der Waals surface area contributed by atoms with Gasteiger partial charge in [0.1, 0.15) is 6.54 Å². The van der Waals surface area contributed by atoms with Crippen molar-refractivity contribution >= 4 is 17.5 Å². The number of benzene rings is 1. The van der Waals surface area contributed by atoms with E-state index in [0.29, 0.717) is 17.2 Å². The van der Waals surface area contributed by atoms with Gasteiger partial charge in [-0.3, -0.25) is 14.5 Å². The molecule has 0 spiro atoms. The molecular weight excluding hydrogens is 262 g/mol. The molecule has 102 valence electrons. The summed E-state index contributed by atoms with van der Waals surface area (Å²) in [5.74, 6) is 0.498. The monoisotopic (exact) mass is 273 g/mol. The number of ether oxygens (including phenoxy) is 2. The van der Waals surface area contributed by atoms with Crippen LogP contribution in [0.25, 0.3) is 0 Å². The minimum atomic E-state index is -0.375. The summed E-state index contributed by atoms with van der Waals surface area (Å²) in [6, 6.07) is 7.07. The maximum absolute atomic E-state index is 11.9. The van der Waals surface area contributed by atoms with Gasteiger partial charge in [0, 0.05) is 11.8 Å². The number of imide groups is 1. The van der Waals surface area contributed by atoms with Gasteiger partial charge in [0.05, 0.1) is 19.2 Å². The number of amides is 2. The lowest BCUT2D eigenvalue weighted by Gasteiger charge is -2.32. The van der Waals surface area contributed by atoms with E-state index in [1.807, 2.05) is 6.07 Å². The Balaban J connectivity index is 1.81. The SMILES string of the molecule is N#CCN1C(=O)CN(c2ccc3c(c2)OCO3)CC1=O. The fraction of sp³-hybridized carbons (Fsp3) is 0.308. The van der Waals surface area contributed by atoms with E-state index in [2.05, 4.69) is 0 Å². The first kappa shape index (κ1) is 12.3. The van der Waals surface area contributed by atoms with Gasteiger partial charge in [-0.15, -0.1) is 0 Å². The van der Waals surface area contributed by atoms with Crippen molar-refractivity contribution in [2.24, 2.45) is 0 Å². The quantitative estimate of drug-likeness (QED) is 0.562. The van der Waals surface area contributed by atoms with Crippen LogP contribution in [-0.4, -0.2) is 43.1 Å². The van der Waals surface area contributed by atoms with Crippen molar-refractivity contribution < 1.29 is 19.1 Å². The molecule has 0 radical (unpaired) electrons. The highest BCUT2D eigenvalue weighted by Gasteiger charge is 2.31. The topological polar surface area (TPSA) is 82.9 Å². The van der Waals surface area contributed by atoms with E-state index in [1.54, 1.807) is 23.1 Å². The lowest BCUT2D eigenvalue weighted by Crippen LogP contribution is -2.54. The lowest BCUT2D eigenvalue weighted by molar-refractivity contribution is -0.144. The fourth-order valence-electron chi connectivity index (χ4n) is 2.20. The molecule has 1 aromatic carbocycles. The minimum absolute atomic E-state index is 0.0626. The van der Waals surface area contributed by atoms with Crippen LogP contribution < -0.4 is 14.4 Å². The van der Waals surface area contributed by atoms with Crippen LogP contribution in [0, 0.1) is 11.3 Å². The normalized spacial score (nSPS) is 17.4. The molecule has 1 saturated heterocycles. The highest BCUT2D eigenvalue weighted by atomic mass is 16.7. The molecule has 7 heteroatoms. The van der Waals surface area contributed by atoms with Crippen molar-refractivity contribution in [3.63, 3.8) is 0 Å². The van der Waals surface area contributed by atoms with E-state index in [0.717, 1.165) is 4.90 Å². The molecule has 3 rings (SSSR count). The summed E-state index contributed by atoms with van der Waals surface area (Å²) in [6.45, 7) is 0.0966. The Bertz CT molecular complexity index is 605. The first-order chi connectivity index (χ1) is 9.69. The largest absolute Gasteiger partial charge is 0.454 e. The van der Waals surface area contributed by atoms with Gasteiger partial charge in [-0.05, 0) is 12.1 Å². The molecule has 2 heterocycles. The zero-order chi connectivity index (χ0) is 14.1. The summed E-state index contributed by atoms with van der Waals surface area (Å²) >= 11 is 0. The molecule has 2 aliphatic rings. The van der Waals surface area contributed by atoms with Crippen LogP contribution in [0.1, 0.15) is 0 Å². The lowest BCUT2D eigenvalue weighted by atomic mass is 10.2. The van der Waals surface area contributed by atoms with Crippen LogP contribution in [0.15, 0.2) is 18.2 Å². The van der Waals surface area contributed by atoms with E-state index in [-0.39, 0.29) is 38.2 Å². The van der Waals surface area contributed by atoms with Crippen LogP contribution in [0.3, 0.4) is 0 Å². The minimum Gasteiger partial charge on any atom is -0.454 e. The Kier molecular flexibility index (Phi) is 2.91. The number of hydrogen-bond donors (Lipinski definition) is 0. The third kappa shape index (κ3) is 2.01. The number of carbonyl (C=O) groups is 2. The highest BCUT2D eigenvalue weighted by molar-refractivity contribution is 6.03. The second kappa shape index (κ2) is 4.74. The van der Waals surface area contributed by atoms with Crippen molar-refractivity contribution in [2.75, 3.05) is 31.3 Å². The van der Waals surface area contributed by atoms with Crippen molar-refractivity contribution in [2.45, 2.75) is 0 Å². The standard InChI is InChI=1S/C13H11N3O4/c14-3-4-16-12(17)6-15(7-13(16)18)9-1-2-10-11(5-9)20-8-19-10/h1-2,5H,4,6-8H2. The van der Waals surface area contributed by atoms with E-state index < -0.39 is 0 Å². The predicted octanol–water partition coefficient (Wildman–Crippen LogP) is 0.114. The molecule has 2 amide bonds. The van der Waals surface area contributed by atoms with Crippen molar-refractivity contribution in [1.29, 1.82) is 5.26 Å². The molecule has 0 aromatic heterocycles. The number of carbonyl (C=O) groups excluding carboxylic acids is 2. The molecule has 1 fully saturated rings. The molecule has 0 unspecified atom stereocenters. The zero-order valence-electron chi connectivity index (χ0n) is 10.5. The average Bonchev–Trinajstić information content (AvgIpc) is 2.90. The smallest absolute Gasteiger partial charge is 0.249 e. The Labute approximate surface area is 114 Å². The van der Waals surface area contributed by atoms with Crippen LogP contribution in [0.4, 0.5) is 5.69 Å². The van der Waals surface area contributed by atoms with Gasteiger partial charge in [-0.1, -0.05) is 0 Å². The first-order valence-electron chi connectivity index (χ1n) is 6.04. The Morgan fingerprint density at radius 2 is 1.85 bits per heavy atom. The number of fused-ring (bicyclic) bond motifs is 1. The number of piperazine rings is 1. The van der Waals surface area contributed by atoms with Gasteiger partial charge in [-0.2, -0.15) is 5.26 Å². The number of nitriles is 1. The molecule has 1 aromatic rings. The van der Waals surface area contributed by atoms with Gasteiger partial charge in [0.15, 0.2) is 11.5 Å². The van der Waals surface area contributed by atoms with E-state index in [9.17, 15) is 9.59 Å². The van der Waals surface area contributed by atoms with Crippen LogP contribution >= 0.6 is 0 Å². The fourth-order valence-corrected chi connectivity index (χ4v) is 2.20. The number of hydrogen-bond acceptors (Lipinski definition) is 6. The Morgan fingerprint density at radius 1 is 1.15 bits per heavy atom. The summed E-state index contributed by atoms with van der Waals surface area (Å²) in [6.07, 6.45) is 0. The van der Waals surface area contributed by atoms with E-state index in [1.165, 1.54) is 0 Å². The van der Waals surface area contributed by atoms with Gasteiger partial charge in [-0.25, -0.2) is 0 Å². The molecule has 0 aliphatic carbocycles. The third-order valence-corrected chi connectivity index (χ3v) is 3.20. The van der Waals surface area contributed by atoms with E-state index >= 15 is 0 Å². The second-order valence-electron chi connectivity index (χ2n) is 4.43. The van der Waals surface area contributed by atoms with Crippen molar-refractivity contribution in [3.8, 4) is 17.6 Å². The second-order valence-corrected chi connectivity index (χ2v) is 4.43. The van der Waals surface area contributed by atoms with Gasteiger partial charge in [0.2, 0.25) is 18.6 Å². The maximum atomic E-state index is 11.9. The Hall–Kier alpha value is -2.75. The number of rotatable bonds is 2. The number of anilines is 1. The van der Waals surface area contributed by atoms with Crippen molar-refractivity contribution in [3.05, 3.63) is 18.2 Å². The average molecular weight is 273 g/mol. The maximum Gasteiger partial charge on any atom is 0.249 e. The van der Waals surface area contributed by atoms with Gasteiger partial charge < -0.3 is 14.4 Å². The molecule has 20 heavy (non-hydrogen) atoms. The summed E-state index contributed by atoms with van der Waals surface area (Å²) in [7, 11) is 0. The molecule has 2 aliphatic heterocycles. The van der Waals surface area contributed by atoms with Crippen molar-refractivity contribution in [1.82, 2.24) is 4.90 Å². The Morgan fingerprint density at radius 3 is 2.55 bits per heavy atom. The first-order valence-corrected chi connectivity index (χ1v) is 6.04. The summed E-state index contributed by atoms with van der Waals surface area (Å²) in [4.78, 5) is 26.4. The molecule has 0 saturated carbocycles.